The Bertz CT molecular complexity index is 578. The summed E-state index contributed by atoms with van der Waals surface area (Å²) in [6.07, 6.45) is 0. The molecule has 0 saturated heterocycles. The van der Waals surface area contributed by atoms with E-state index in [1.807, 2.05) is 37.3 Å². The summed E-state index contributed by atoms with van der Waals surface area (Å²) in [6, 6.07) is 13.1. The van der Waals surface area contributed by atoms with Gasteiger partial charge < -0.3 is 10.1 Å². The van der Waals surface area contributed by atoms with E-state index in [1.54, 1.807) is 6.07 Å². The van der Waals surface area contributed by atoms with E-state index in [4.69, 9.17) is 4.74 Å². The van der Waals surface area contributed by atoms with Crippen molar-refractivity contribution < 1.29 is 9.13 Å². The smallest absolute Gasteiger partial charge is 0.123 e. The van der Waals surface area contributed by atoms with Crippen molar-refractivity contribution in [3.05, 3.63) is 53.8 Å². The van der Waals surface area contributed by atoms with E-state index in [2.05, 4.69) is 19.2 Å². The SMILES string of the molecule is CCOc1ccc(-c2cc(F)ccc2CNC(C)C)cc1. The molecule has 0 heterocycles. The van der Waals surface area contributed by atoms with Gasteiger partial charge in [0.2, 0.25) is 0 Å². The van der Waals surface area contributed by atoms with Gasteiger partial charge in [0.25, 0.3) is 0 Å². The number of hydrogen-bond acceptors (Lipinski definition) is 2. The first-order chi connectivity index (χ1) is 10.1. The predicted molar refractivity (Wildman–Crippen MR) is 85.0 cm³/mol. The van der Waals surface area contributed by atoms with Crippen LogP contribution in [0.15, 0.2) is 42.5 Å². The second kappa shape index (κ2) is 7.23. The van der Waals surface area contributed by atoms with Crippen LogP contribution in [0, 0.1) is 5.82 Å². The zero-order chi connectivity index (χ0) is 15.2. The number of hydrogen-bond donors (Lipinski definition) is 1. The molecule has 1 N–H and O–H groups in total. The van der Waals surface area contributed by atoms with E-state index >= 15 is 0 Å². The maximum Gasteiger partial charge on any atom is 0.123 e. The Morgan fingerprint density at radius 3 is 2.43 bits per heavy atom. The summed E-state index contributed by atoms with van der Waals surface area (Å²) >= 11 is 0. The van der Waals surface area contributed by atoms with Crippen molar-refractivity contribution in [2.45, 2.75) is 33.4 Å². The Morgan fingerprint density at radius 1 is 1.10 bits per heavy atom. The van der Waals surface area contributed by atoms with Crippen molar-refractivity contribution in [1.82, 2.24) is 5.32 Å². The van der Waals surface area contributed by atoms with Gasteiger partial charge in [-0.15, -0.1) is 0 Å². The third-order valence-corrected chi connectivity index (χ3v) is 3.25. The second-order valence-corrected chi connectivity index (χ2v) is 5.29. The molecule has 0 bridgehead atoms. The molecule has 2 rings (SSSR count). The molecule has 2 aromatic rings. The molecule has 0 aliphatic heterocycles. The van der Waals surface area contributed by atoms with Gasteiger partial charge in [-0.3, -0.25) is 0 Å². The lowest BCUT2D eigenvalue weighted by atomic mass is 9.99. The van der Waals surface area contributed by atoms with Gasteiger partial charge in [-0.05, 0) is 47.9 Å². The molecule has 0 fully saturated rings. The molecule has 21 heavy (non-hydrogen) atoms. The van der Waals surface area contributed by atoms with Crippen molar-refractivity contribution in [2.75, 3.05) is 6.61 Å². The Balaban J connectivity index is 2.30. The van der Waals surface area contributed by atoms with Gasteiger partial charge in [0, 0.05) is 12.6 Å². The van der Waals surface area contributed by atoms with Crippen LogP contribution in [0.1, 0.15) is 26.3 Å². The van der Waals surface area contributed by atoms with Gasteiger partial charge >= 0.3 is 0 Å². The quantitative estimate of drug-likeness (QED) is 0.850. The van der Waals surface area contributed by atoms with E-state index in [1.165, 1.54) is 6.07 Å². The summed E-state index contributed by atoms with van der Waals surface area (Å²) in [4.78, 5) is 0. The first-order valence-corrected chi connectivity index (χ1v) is 7.35. The largest absolute Gasteiger partial charge is 0.494 e. The number of ether oxygens (including phenoxy) is 1. The highest BCUT2D eigenvalue weighted by atomic mass is 19.1. The van der Waals surface area contributed by atoms with Crippen molar-refractivity contribution in [2.24, 2.45) is 0 Å². The predicted octanol–water partition coefficient (Wildman–Crippen LogP) is 4.39. The van der Waals surface area contributed by atoms with Gasteiger partial charge in [0.1, 0.15) is 11.6 Å². The molecule has 112 valence electrons. The maximum absolute atomic E-state index is 13.6. The summed E-state index contributed by atoms with van der Waals surface area (Å²) in [7, 11) is 0. The number of halogens is 1. The Kier molecular flexibility index (Phi) is 5.34. The van der Waals surface area contributed by atoms with Crippen molar-refractivity contribution in [3.63, 3.8) is 0 Å². The first-order valence-electron chi connectivity index (χ1n) is 7.35. The number of rotatable bonds is 6. The molecule has 0 atom stereocenters. The molecule has 0 amide bonds. The highest BCUT2D eigenvalue weighted by Crippen LogP contribution is 2.27. The monoisotopic (exact) mass is 287 g/mol. The topological polar surface area (TPSA) is 21.3 Å². The Hall–Kier alpha value is -1.87. The molecule has 0 aliphatic rings. The van der Waals surface area contributed by atoms with Crippen LogP contribution in [-0.2, 0) is 6.54 Å². The zero-order valence-electron chi connectivity index (χ0n) is 12.8. The first kappa shape index (κ1) is 15.5. The highest BCUT2D eigenvalue weighted by molar-refractivity contribution is 5.68. The summed E-state index contributed by atoms with van der Waals surface area (Å²) in [5.74, 6) is 0.617. The summed E-state index contributed by atoms with van der Waals surface area (Å²) < 4.78 is 19.0. The number of nitrogens with one attached hydrogen (secondary N) is 1. The molecule has 2 nitrogen and oxygen atoms in total. The standard InChI is InChI=1S/C18H22FNO/c1-4-21-17-9-6-14(7-10-17)18-11-16(19)8-5-15(18)12-20-13(2)3/h5-11,13,20H,4,12H2,1-3H3. The average Bonchev–Trinajstić information content (AvgIpc) is 2.47. The van der Waals surface area contributed by atoms with Crippen LogP contribution in [0.3, 0.4) is 0 Å². The lowest BCUT2D eigenvalue weighted by Crippen LogP contribution is -2.22. The van der Waals surface area contributed by atoms with E-state index in [0.29, 0.717) is 12.6 Å². The Morgan fingerprint density at radius 2 is 1.81 bits per heavy atom. The lowest BCUT2D eigenvalue weighted by molar-refractivity contribution is 0.340. The number of benzene rings is 2. The zero-order valence-corrected chi connectivity index (χ0v) is 12.8. The highest BCUT2D eigenvalue weighted by Gasteiger charge is 2.08. The van der Waals surface area contributed by atoms with Crippen molar-refractivity contribution in [1.29, 1.82) is 0 Å². The Labute approximate surface area is 126 Å². The van der Waals surface area contributed by atoms with Crippen LogP contribution >= 0.6 is 0 Å². The average molecular weight is 287 g/mol. The molecule has 0 radical (unpaired) electrons. The molecule has 0 spiro atoms. The van der Waals surface area contributed by atoms with E-state index in [0.717, 1.165) is 29.0 Å². The fraction of sp³-hybridized carbons (Fsp3) is 0.333. The van der Waals surface area contributed by atoms with E-state index in [-0.39, 0.29) is 5.82 Å². The molecular weight excluding hydrogens is 265 g/mol. The van der Waals surface area contributed by atoms with Crippen LogP contribution in [0.25, 0.3) is 11.1 Å². The molecular formula is C18H22FNO. The normalized spacial score (nSPS) is 10.9. The van der Waals surface area contributed by atoms with E-state index < -0.39 is 0 Å². The molecule has 0 saturated carbocycles. The van der Waals surface area contributed by atoms with Crippen LogP contribution in [0.2, 0.25) is 0 Å². The van der Waals surface area contributed by atoms with Crippen LogP contribution < -0.4 is 10.1 Å². The molecule has 0 unspecified atom stereocenters. The van der Waals surface area contributed by atoms with Gasteiger partial charge in [-0.25, -0.2) is 4.39 Å². The van der Waals surface area contributed by atoms with E-state index in [9.17, 15) is 4.39 Å². The minimum atomic E-state index is -0.216. The second-order valence-electron chi connectivity index (χ2n) is 5.29. The van der Waals surface area contributed by atoms with Crippen LogP contribution in [0.4, 0.5) is 4.39 Å². The summed E-state index contributed by atoms with van der Waals surface area (Å²) in [5, 5.41) is 3.38. The van der Waals surface area contributed by atoms with Crippen molar-refractivity contribution in [3.8, 4) is 16.9 Å². The molecule has 3 heteroatoms. The third kappa shape index (κ3) is 4.30. The van der Waals surface area contributed by atoms with Gasteiger partial charge in [-0.1, -0.05) is 32.0 Å². The van der Waals surface area contributed by atoms with Gasteiger partial charge in [0.15, 0.2) is 0 Å². The van der Waals surface area contributed by atoms with Gasteiger partial charge in [-0.2, -0.15) is 0 Å². The fourth-order valence-corrected chi connectivity index (χ4v) is 2.18. The van der Waals surface area contributed by atoms with Crippen LogP contribution in [0.5, 0.6) is 5.75 Å². The van der Waals surface area contributed by atoms with Gasteiger partial charge in [0.05, 0.1) is 6.61 Å². The summed E-state index contributed by atoms with van der Waals surface area (Å²) in [5.41, 5.74) is 3.01. The molecule has 0 aliphatic carbocycles. The minimum absolute atomic E-state index is 0.216. The summed E-state index contributed by atoms with van der Waals surface area (Å²) in [6.45, 7) is 7.51. The fourth-order valence-electron chi connectivity index (χ4n) is 2.18. The maximum atomic E-state index is 13.6. The third-order valence-electron chi connectivity index (χ3n) is 3.25. The molecule has 0 aromatic heterocycles. The molecule has 2 aromatic carbocycles. The lowest BCUT2D eigenvalue weighted by Gasteiger charge is -2.13. The minimum Gasteiger partial charge on any atom is -0.494 e. The van der Waals surface area contributed by atoms with Crippen molar-refractivity contribution >= 4 is 0 Å². The van der Waals surface area contributed by atoms with Crippen LogP contribution in [-0.4, -0.2) is 12.6 Å².